The third kappa shape index (κ3) is 6.20. The third-order valence-electron chi connectivity index (χ3n) is 3.11. The number of urea groups is 1. The van der Waals surface area contributed by atoms with Gasteiger partial charge in [-0.1, -0.05) is 44.2 Å². The maximum atomic E-state index is 12.0. The predicted molar refractivity (Wildman–Crippen MR) is 95.7 cm³/mol. The Hall–Kier alpha value is -2.69. The van der Waals surface area contributed by atoms with Crippen LogP contribution in [0.15, 0.2) is 54.6 Å². The monoisotopic (exact) mass is 328 g/mol. The average Bonchev–Trinajstić information content (AvgIpc) is 2.59. The number of hydrogen-bond acceptors (Lipinski definition) is 3. The molecule has 0 saturated heterocycles. The Bertz CT molecular complexity index is 630. The van der Waals surface area contributed by atoms with Crippen LogP contribution in [0.25, 0.3) is 0 Å². The number of para-hydroxylation sites is 3. The van der Waals surface area contributed by atoms with Crippen molar-refractivity contribution >= 4 is 11.7 Å². The maximum absolute atomic E-state index is 12.0. The predicted octanol–water partition coefficient (Wildman–Crippen LogP) is 3.92. The number of carbonyl (C=O) groups is 1. The Kier molecular flexibility index (Phi) is 6.95. The summed E-state index contributed by atoms with van der Waals surface area (Å²) in [6.45, 7) is 5.58. The van der Waals surface area contributed by atoms with Gasteiger partial charge < -0.3 is 20.1 Å². The molecule has 0 radical (unpaired) electrons. The molecule has 0 saturated carbocycles. The van der Waals surface area contributed by atoms with Crippen LogP contribution < -0.4 is 20.1 Å². The van der Waals surface area contributed by atoms with E-state index in [9.17, 15) is 4.79 Å². The van der Waals surface area contributed by atoms with E-state index in [1.165, 1.54) is 0 Å². The topological polar surface area (TPSA) is 59.6 Å². The van der Waals surface area contributed by atoms with Gasteiger partial charge in [-0.15, -0.1) is 0 Å². The molecule has 0 aromatic heterocycles. The minimum Gasteiger partial charge on any atom is -0.492 e. The molecule has 0 fully saturated rings. The van der Waals surface area contributed by atoms with Crippen molar-refractivity contribution in [2.24, 2.45) is 5.92 Å². The van der Waals surface area contributed by atoms with Gasteiger partial charge in [0.2, 0.25) is 0 Å². The van der Waals surface area contributed by atoms with Crippen molar-refractivity contribution in [1.82, 2.24) is 5.32 Å². The van der Waals surface area contributed by atoms with Gasteiger partial charge in [-0.3, -0.25) is 0 Å². The highest BCUT2D eigenvalue weighted by atomic mass is 16.5. The molecule has 2 N–H and O–H groups in total. The molecule has 0 spiro atoms. The zero-order chi connectivity index (χ0) is 17.2. The van der Waals surface area contributed by atoms with Crippen LogP contribution in [-0.2, 0) is 0 Å². The molecule has 5 nitrogen and oxygen atoms in total. The van der Waals surface area contributed by atoms with Crippen LogP contribution in [0.2, 0.25) is 0 Å². The van der Waals surface area contributed by atoms with Gasteiger partial charge in [-0.05, 0) is 30.2 Å². The Morgan fingerprint density at radius 2 is 1.71 bits per heavy atom. The molecule has 2 rings (SSSR count). The van der Waals surface area contributed by atoms with Crippen molar-refractivity contribution in [1.29, 1.82) is 0 Å². The number of anilines is 1. The van der Waals surface area contributed by atoms with Gasteiger partial charge in [-0.2, -0.15) is 0 Å². The largest absolute Gasteiger partial charge is 0.492 e. The van der Waals surface area contributed by atoms with Gasteiger partial charge in [0.1, 0.15) is 18.1 Å². The lowest BCUT2D eigenvalue weighted by Gasteiger charge is -2.14. The van der Waals surface area contributed by atoms with E-state index in [1.54, 1.807) is 0 Å². The summed E-state index contributed by atoms with van der Waals surface area (Å²) in [5, 5.41) is 5.57. The lowest BCUT2D eigenvalue weighted by molar-refractivity contribution is 0.246. The van der Waals surface area contributed by atoms with Gasteiger partial charge in [0.25, 0.3) is 0 Å². The summed E-state index contributed by atoms with van der Waals surface area (Å²) in [7, 11) is 0. The molecule has 2 amide bonds. The SMILES string of the molecule is CC(C)COc1ccccc1NC(=O)NCCOc1ccccc1. The Morgan fingerprint density at radius 1 is 1.00 bits per heavy atom. The van der Waals surface area contributed by atoms with E-state index < -0.39 is 0 Å². The quantitative estimate of drug-likeness (QED) is 0.722. The van der Waals surface area contributed by atoms with Gasteiger partial charge in [0, 0.05) is 0 Å². The summed E-state index contributed by atoms with van der Waals surface area (Å²) in [6.07, 6.45) is 0. The van der Waals surface area contributed by atoms with Crippen LogP contribution in [0.5, 0.6) is 11.5 Å². The fourth-order valence-corrected chi connectivity index (χ4v) is 1.97. The normalized spacial score (nSPS) is 10.3. The smallest absolute Gasteiger partial charge is 0.319 e. The number of amides is 2. The van der Waals surface area contributed by atoms with E-state index in [0.29, 0.717) is 37.1 Å². The first-order valence-corrected chi connectivity index (χ1v) is 8.09. The van der Waals surface area contributed by atoms with Crippen molar-refractivity contribution in [3.63, 3.8) is 0 Å². The first kappa shape index (κ1) is 17.7. The fourth-order valence-electron chi connectivity index (χ4n) is 1.97. The minimum absolute atomic E-state index is 0.285. The highest BCUT2D eigenvalue weighted by Crippen LogP contribution is 2.24. The summed E-state index contributed by atoms with van der Waals surface area (Å²) in [6, 6.07) is 16.6. The van der Waals surface area contributed by atoms with Crippen LogP contribution in [0.3, 0.4) is 0 Å². The molecule has 5 heteroatoms. The molecule has 128 valence electrons. The van der Waals surface area contributed by atoms with E-state index >= 15 is 0 Å². The summed E-state index contributed by atoms with van der Waals surface area (Å²) < 4.78 is 11.2. The van der Waals surface area contributed by atoms with Crippen LogP contribution in [-0.4, -0.2) is 25.8 Å². The number of rotatable bonds is 8. The molecule has 0 heterocycles. The molecular formula is C19H24N2O3. The molecule has 24 heavy (non-hydrogen) atoms. The van der Waals surface area contributed by atoms with Gasteiger partial charge in [0.05, 0.1) is 18.8 Å². The summed E-state index contributed by atoms with van der Waals surface area (Å²) >= 11 is 0. The summed E-state index contributed by atoms with van der Waals surface area (Å²) in [4.78, 5) is 12.0. The van der Waals surface area contributed by atoms with Crippen LogP contribution in [0.4, 0.5) is 10.5 Å². The van der Waals surface area contributed by atoms with Gasteiger partial charge in [-0.25, -0.2) is 4.79 Å². The second kappa shape index (κ2) is 9.45. The van der Waals surface area contributed by atoms with E-state index in [4.69, 9.17) is 9.47 Å². The molecule has 0 aliphatic heterocycles. The highest BCUT2D eigenvalue weighted by Gasteiger charge is 2.07. The molecule has 0 unspecified atom stereocenters. The molecule has 0 atom stereocenters. The second-order valence-electron chi connectivity index (χ2n) is 5.74. The number of hydrogen-bond donors (Lipinski definition) is 2. The van der Waals surface area contributed by atoms with E-state index in [1.807, 2.05) is 54.6 Å². The molecule has 0 aliphatic carbocycles. The molecule has 2 aromatic rings. The molecule has 0 aliphatic rings. The lowest BCUT2D eigenvalue weighted by atomic mass is 10.2. The molecule has 2 aromatic carbocycles. The van der Waals surface area contributed by atoms with Crippen molar-refractivity contribution in [3.05, 3.63) is 54.6 Å². The maximum Gasteiger partial charge on any atom is 0.319 e. The average molecular weight is 328 g/mol. The van der Waals surface area contributed by atoms with Crippen molar-refractivity contribution in [3.8, 4) is 11.5 Å². The number of benzene rings is 2. The van der Waals surface area contributed by atoms with E-state index in [-0.39, 0.29) is 6.03 Å². The third-order valence-corrected chi connectivity index (χ3v) is 3.11. The van der Waals surface area contributed by atoms with Crippen molar-refractivity contribution in [2.45, 2.75) is 13.8 Å². The van der Waals surface area contributed by atoms with Crippen LogP contribution >= 0.6 is 0 Å². The second-order valence-corrected chi connectivity index (χ2v) is 5.74. The van der Waals surface area contributed by atoms with Gasteiger partial charge in [0.15, 0.2) is 0 Å². The van der Waals surface area contributed by atoms with Crippen LogP contribution in [0.1, 0.15) is 13.8 Å². The number of ether oxygens (including phenoxy) is 2. The first-order valence-electron chi connectivity index (χ1n) is 8.09. The summed E-state index contributed by atoms with van der Waals surface area (Å²) in [5.41, 5.74) is 0.652. The Labute approximate surface area is 143 Å². The van der Waals surface area contributed by atoms with Crippen molar-refractivity contribution in [2.75, 3.05) is 25.1 Å². The van der Waals surface area contributed by atoms with Crippen molar-refractivity contribution < 1.29 is 14.3 Å². The highest BCUT2D eigenvalue weighted by molar-refractivity contribution is 5.90. The zero-order valence-corrected chi connectivity index (χ0v) is 14.1. The minimum atomic E-state index is -0.285. The van der Waals surface area contributed by atoms with Crippen LogP contribution in [0, 0.1) is 5.92 Å². The Balaban J connectivity index is 1.76. The Morgan fingerprint density at radius 3 is 2.46 bits per heavy atom. The molecular weight excluding hydrogens is 304 g/mol. The molecule has 0 bridgehead atoms. The zero-order valence-electron chi connectivity index (χ0n) is 14.1. The van der Waals surface area contributed by atoms with Gasteiger partial charge >= 0.3 is 6.03 Å². The van der Waals surface area contributed by atoms with E-state index in [2.05, 4.69) is 24.5 Å². The standard InChI is InChI=1S/C19H24N2O3/c1-15(2)14-24-18-11-7-6-10-17(18)21-19(22)20-12-13-23-16-8-4-3-5-9-16/h3-11,15H,12-14H2,1-2H3,(H2,20,21,22). The fraction of sp³-hybridized carbons (Fsp3) is 0.316. The number of carbonyl (C=O) groups excluding carboxylic acids is 1. The lowest BCUT2D eigenvalue weighted by Crippen LogP contribution is -2.32. The summed E-state index contributed by atoms with van der Waals surface area (Å²) in [5.74, 6) is 1.87. The number of nitrogens with one attached hydrogen (secondary N) is 2. The van der Waals surface area contributed by atoms with E-state index in [0.717, 1.165) is 5.75 Å². The first-order chi connectivity index (χ1) is 11.6.